The van der Waals surface area contributed by atoms with Gasteiger partial charge in [0, 0.05) is 13.1 Å². The lowest BCUT2D eigenvalue weighted by Crippen LogP contribution is -2.44. The summed E-state index contributed by atoms with van der Waals surface area (Å²) in [5.74, 6) is 0.245. The van der Waals surface area contributed by atoms with Crippen molar-refractivity contribution in [3.63, 3.8) is 0 Å². The number of carbonyl (C=O) groups excluding carboxylic acids is 1. The van der Waals surface area contributed by atoms with E-state index in [4.69, 9.17) is 11.3 Å². The Bertz CT molecular complexity index is 635. The quantitative estimate of drug-likeness (QED) is 0.604. The lowest BCUT2D eigenvalue weighted by molar-refractivity contribution is -0.160. The average Bonchev–Trinajstić information content (AvgIpc) is 3.18. The Morgan fingerprint density at radius 3 is 2.32 bits per heavy atom. The molecule has 2 aliphatic rings. The minimum absolute atomic E-state index is 0.0342. The van der Waals surface area contributed by atoms with Gasteiger partial charge in [-0.25, -0.2) is 4.85 Å². The van der Waals surface area contributed by atoms with E-state index in [1.54, 1.807) is 0 Å². The molecule has 1 aromatic carbocycles. The topological polar surface area (TPSA) is 33.9 Å². The van der Waals surface area contributed by atoms with E-state index in [1.807, 2.05) is 31.2 Å². The second kappa shape index (κ2) is 7.58. The number of esters is 1. The summed E-state index contributed by atoms with van der Waals surface area (Å²) in [4.78, 5) is 19.0. The number of ether oxygens (including phenoxy) is 1. The molecule has 1 aliphatic carbocycles. The van der Waals surface area contributed by atoms with E-state index in [1.165, 1.54) is 12.8 Å². The predicted molar refractivity (Wildman–Crippen MR) is 98.6 cm³/mol. The third kappa shape index (κ3) is 3.72. The van der Waals surface area contributed by atoms with E-state index in [-0.39, 0.29) is 12.1 Å². The van der Waals surface area contributed by atoms with E-state index >= 15 is 0 Å². The largest absolute Gasteiger partial charge is 0.462 e. The highest BCUT2D eigenvalue weighted by Crippen LogP contribution is 2.44. The first kappa shape index (κ1) is 17.9. The zero-order chi connectivity index (χ0) is 17.9. The van der Waals surface area contributed by atoms with Gasteiger partial charge < -0.3 is 9.64 Å². The zero-order valence-electron chi connectivity index (χ0n) is 15.3. The van der Waals surface area contributed by atoms with Gasteiger partial charge >= 0.3 is 5.97 Å². The van der Waals surface area contributed by atoms with E-state index in [0.29, 0.717) is 11.6 Å². The van der Waals surface area contributed by atoms with Crippen LogP contribution in [-0.4, -0.2) is 37.1 Å². The summed E-state index contributed by atoms with van der Waals surface area (Å²) in [6.07, 6.45) is 6.38. The van der Waals surface area contributed by atoms with Gasteiger partial charge in [0.15, 0.2) is 5.69 Å². The van der Waals surface area contributed by atoms with E-state index < -0.39 is 5.41 Å². The molecule has 0 bridgehead atoms. The van der Waals surface area contributed by atoms with Crippen LogP contribution < -0.4 is 0 Å². The molecule has 1 unspecified atom stereocenters. The van der Waals surface area contributed by atoms with E-state index in [0.717, 1.165) is 44.3 Å². The number of piperidine rings is 1. The van der Waals surface area contributed by atoms with Crippen LogP contribution in [0.3, 0.4) is 0 Å². The number of benzene rings is 1. The molecule has 0 amide bonds. The number of rotatable bonds is 4. The van der Waals surface area contributed by atoms with Crippen molar-refractivity contribution >= 4 is 11.7 Å². The first-order valence-corrected chi connectivity index (χ1v) is 9.41. The van der Waals surface area contributed by atoms with Crippen LogP contribution in [0.4, 0.5) is 5.69 Å². The highest BCUT2D eigenvalue weighted by atomic mass is 16.5. The van der Waals surface area contributed by atoms with Crippen molar-refractivity contribution in [3.8, 4) is 0 Å². The Hall–Kier alpha value is -1.86. The van der Waals surface area contributed by atoms with Gasteiger partial charge in [-0.1, -0.05) is 37.1 Å². The van der Waals surface area contributed by atoms with Gasteiger partial charge in [0.2, 0.25) is 0 Å². The lowest BCUT2D eigenvalue weighted by Gasteiger charge is -2.37. The summed E-state index contributed by atoms with van der Waals surface area (Å²) in [6, 6.07) is 7.53. The summed E-state index contributed by atoms with van der Waals surface area (Å²) in [5.41, 5.74) is 0.992. The molecule has 1 atom stereocenters. The molecular weight excluding hydrogens is 312 g/mol. The standard InChI is InChI=1S/C21H28N2O2/c1-21(16-6-4-5-7-16,17-8-10-18(22-2)11-9-17)20(24)25-19-12-14-23(3)15-13-19/h8-11,16,19H,4-7,12-15H2,1,3H3. The molecule has 0 N–H and O–H groups in total. The van der Waals surface area contributed by atoms with Crippen molar-refractivity contribution in [2.75, 3.05) is 20.1 Å². The second-order valence-corrected chi connectivity index (χ2v) is 7.75. The Kier molecular flexibility index (Phi) is 5.44. The maximum Gasteiger partial charge on any atom is 0.316 e. The molecule has 1 saturated heterocycles. The summed E-state index contributed by atoms with van der Waals surface area (Å²) >= 11 is 0. The lowest BCUT2D eigenvalue weighted by atomic mass is 9.70. The van der Waals surface area contributed by atoms with Crippen LogP contribution >= 0.6 is 0 Å². The second-order valence-electron chi connectivity index (χ2n) is 7.75. The minimum atomic E-state index is -0.611. The molecule has 4 nitrogen and oxygen atoms in total. The Labute approximate surface area is 151 Å². The third-order valence-corrected chi connectivity index (χ3v) is 6.13. The molecule has 1 saturated carbocycles. The smallest absolute Gasteiger partial charge is 0.316 e. The van der Waals surface area contributed by atoms with Crippen LogP contribution in [0.15, 0.2) is 24.3 Å². The molecule has 0 aromatic heterocycles. The van der Waals surface area contributed by atoms with E-state index in [2.05, 4.69) is 16.8 Å². The number of likely N-dealkylation sites (tertiary alicyclic amines) is 1. The van der Waals surface area contributed by atoms with Gasteiger partial charge in [0.1, 0.15) is 6.10 Å². The minimum Gasteiger partial charge on any atom is -0.462 e. The molecule has 4 heteroatoms. The van der Waals surface area contributed by atoms with Gasteiger partial charge in [-0.05, 0) is 51.1 Å². The Balaban J connectivity index is 1.82. The molecule has 1 aromatic rings. The van der Waals surface area contributed by atoms with Crippen molar-refractivity contribution in [1.82, 2.24) is 4.90 Å². The monoisotopic (exact) mass is 340 g/mol. The van der Waals surface area contributed by atoms with Crippen LogP contribution in [0.25, 0.3) is 4.85 Å². The summed E-state index contributed by atoms with van der Waals surface area (Å²) in [7, 11) is 2.11. The van der Waals surface area contributed by atoms with Crippen LogP contribution in [0.2, 0.25) is 0 Å². The molecule has 0 spiro atoms. The van der Waals surface area contributed by atoms with Crippen molar-refractivity contribution < 1.29 is 9.53 Å². The average molecular weight is 340 g/mol. The third-order valence-electron chi connectivity index (χ3n) is 6.13. The van der Waals surface area contributed by atoms with Crippen molar-refractivity contribution in [2.45, 2.75) is 57.0 Å². The van der Waals surface area contributed by atoms with Crippen LogP contribution in [0, 0.1) is 12.5 Å². The maximum absolute atomic E-state index is 13.3. The molecule has 1 aliphatic heterocycles. The fraction of sp³-hybridized carbons (Fsp3) is 0.619. The molecule has 25 heavy (non-hydrogen) atoms. The summed E-state index contributed by atoms with van der Waals surface area (Å²) in [6.45, 7) is 11.2. The molecule has 1 heterocycles. The van der Waals surface area contributed by atoms with Crippen molar-refractivity contribution in [3.05, 3.63) is 41.2 Å². The van der Waals surface area contributed by atoms with Gasteiger partial charge in [-0.3, -0.25) is 4.79 Å². The molecule has 2 fully saturated rings. The number of carbonyl (C=O) groups is 1. The number of nitrogens with zero attached hydrogens (tertiary/aromatic N) is 2. The normalized spacial score (nSPS) is 22.3. The van der Waals surface area contributed by atoms with Gasteiger partial charge in [-0.2, -0.15) is 0 Å². The van der Waals surface area contributed by atoms with Gasteiger partial charge in [-0.15, -0.1) is 0 Å². The highest BCUT2D eigenvalue weighted by molar-refractivity contribution is 5.83. The Morgan fingerprint density at radius 2 is 1.76 bits per heavy atom. The van der Waals surface area contributed by atoms with Gasteiger partial charge in [0.25, 0.3) is 0 Å². The number of hydrogen-bond acceptors (Lipinski definition) is 3. The fourth-order valence-electron chi connectivity index (χ4n) is 4.28. The fourth-order valence-corrected chi connectivity index (χ4v) is 4.28. The Morgan fingerprint density at radius 1 is 1.16 bits per heavy atom. The van der Waals surface area contributed by atoms with Crippen LogP contribution in [0.5, 0.6) is 0 Å². The summed E-state index contributed by atoms with van der Waals surface area (Å²) in [5, 5.41) is 0. The molecule has 3 rings (SSSR count). The molecule has 0 radical (unpaired) electrons. The van der Waals surface area contributed by atoms with E-state index in [9.17, 15) is 4.79 Å². The first-order chi connectivity index (χ1) is 12.0. The van der Waals surface area contributed by atoms with Crippen molar-refractivity contribution in [2.24, 2.45) is 5.92 Å². The molecule has 134 valence electrons. The summed E-state index contributed by atoms with van der Waals surface area (Å²) < 4.78 is 6.00. The first-order valence-electron chi connectivity index (χ1n) is 9.41. The zero-order valence-corrected chi connectivity index (χ0v) is 15.3. The SMILES string of the molecule is [C-]#[N+]c1ccc(C(C)(C(=O)OC2CCN(C)CC2)C2CCCC2)cc1. The molecular formula is C21H28N2O2. The van der Waals surface area contributed by atoms with Crippen molar-refractivity contribution in [1.29, 1.82) is 0 Å². The number of hydrogen-bond donors (Lipinski definition) is 0. The highest BCUT2D eigenvalue weighted by Gasteiger charge is 2.46. The maximum atomic E-state index is 13.3. The van der Waals surface area contributed by atoms with Crippen LogP contribution in [-0.2, 0) is 14.9 Å². The van der Waals surface area contributed by atoms with Gasteiger partial charge in [0.05, 0.1) is 12.0 Å². The van der Waals surface area contributed by atoms with Crippen LogP contribution in [0.1, 0.15) is 51.0 Å². The predicted octanol–water partition coefficient (Wildman–Crippen LogP) is 4.32.